The fraction of sp³-hybridized carbons (Fsp3) is 0.238. The Balaban J connectivity index is 1.43. The number of para-hydroxylation sites is 1. The van der Waals surface area contributed by atoms with Crippen molar-refractivity contribution in [1.29, 1.82) is 0 Å². The van der Waals surface area contributed by atoms with Crippen LogP contribution < -0.4 is 10.1 Å². The van der Waals surface area contributed by atoms with Crippen molar-refractivity contribution in [3.05, 3.63) is 66.7 Å². The lowest BCUT2D eigenvalue weighted by atomic mass is 9.82. The maximum Gasteiger partial charge on any atom is 0.307 e. The molecule has 5 heteroatoms. The minimum atomic E-state index is -0.895. The average molecular weight is 349 g/mol. The Morgan fingerprint density at radius 3 is 2.15 bits per heavy atom. The largest absolute Gasteiger partial charge is 0.481 e. The molecule has 0 heterocycles. The standard InChI is InChI=1S/C21H19NO4/c23-20(18-13-6-7-14(12-13)19(18)21(24)25)22-15-8-10-17(11-9-15)26-16-4-2-1-3-5-16/h1-11,13-14,18-19H,12H2,(H,22,23)(H,24,25)/t13-,14+,18+,19+/m0/s1. The Hall–Kier alpha value is -3.08. The summed E-state index contributed by atoms with van der Waals surface area (Å²) in [6.45, 7) is 0. The second kappa shape index (κ2) is 6.67. The number of allylic oxidation sites excluding steroid dienone is 2. The molecule has 0 saturated heterocycles. The van der Waals surface area contributed by atoms with Gasteiger partial charge in [-0.2, -0.15) is 0 Å². The van der Waals surface area contributed by atoms with E-state index in [1.54, 1.807) is 24.3 Å². The van der Waals surface area contributed by atoms with Gasteiger partial charge in [-0.15, -0.1) is 0 Å². The molecule has 4 rings (SSSR count). The Morgan fingerprint density at radius 2 is 1.50 bits per heavy atom. The maximum atomic E-state index is 12.7. The van der Waals surface area contributed by atoms with E-state index < -0.39 is 17.8 Å². The van der Waals surface area contributed by atoms with Crippen molar-refractivity contribution >= 4 is 17.6 Å². The van der Waals surface area contributed by atoms with Crippen LogP contribution in [0.3, 0.4) is 0 Å². The molecule has 0 aromatic heterocycles. The van der Waals surface area contributed by atoms with Crippen LogP contribution in [0.2, 0.25) is 0 Å². The van der Waals surface area contributed by atoms with Crippen molar-refractivity contribution in [3.8, 4) is 11.5 Å². The van der Waals surface area contributed by atoms with E-state index in [-0.39, 0.29) is 17.7 Å². The average Bonchev–Trinajstić information content (AvgIpc) is 3.25. The molecule has 2 aliphatic carbocycles. The van der Waals surface area contributed by atoms with Crippen molar-refractivity contribution in [2.45, 2.75) is 6.42 Å². The first-order valence-corrected chi connectivity index (χ1v) is 8.67. The lowest BCUT2D eigenvalue weighted by Crippen LogP contribution is -2.36. The van der Waals surface area contributed by atoms with Gasteiger partial charge in [-0.05, 0) is 54.7 Å². The van der Waals surface area contributed by atoms with Gasteiger partial charge in [-0.1, -0.05) is 30.4 Å². The molecule has 2 N–H and O–H groups in total. The lowest BCUT2D eigenvalue weighted by Gasteiger charge is -2.23. The highest BCUT2D eigenvalue weighted by molar-refractivity contribution is 5.96. The van der Waals surface area contributed by atoms with Gasteiger partial charge in [0.2, 0.25) is 5.91 Å². The molecule has 132 valence electrons. The number of hydrogen-bond donors (Lipinski definition) is 2. The van der Waals surface area contributed by atoms with Gasteiger partial charge in [0.05, 0.1) is 11.8 Å². The van der Waals surface area contributed by atoms with E-state index in [9.17, 15) is 14.7 Å². The summed E-state index contributed by atoms with van der Waals surface area (Å²) in [5.74, 6) is -0.882. The fourth-order valence-corrected chi connectivity index (χ4v) is 3.97. The molecule has 1 amide bonds. The number of nitrogens with one attached hydrogen (secondary N) is 1. The number of amides is 1. The monoisotopic (exact) mass is 349 g/mol. The normalized spacial score (nSPS) is 25.8. The van der Waals surface area contributed by atoms with Gasteiger partial charge in [0.1, 0.15) is 11.5 Å². The Labute approximate surface area is 151 Å². The van der Waals surface area contributed by atoms with Crippen LogP contribution in [-0.2, 0) is 9.59 Å². The zero-order valence-corrected chi connectivity index (χ0v) is 14.0. The molecule has 0 spiro atoms. The second-order valence-corrected chi connectivity index (χ2v) is 6.77. The molecule has 4 atom stereocenters. The quantitative estimate of drug-likeness (QED) is 0.802. The summed E-state index contributed by atoms with van der Waals surface area (Å²) < 4.78 is 5.73. The summed E-state index contributed by atoms with van der Waals surface area (Å²) in [6, 6.07) is 16.5. The van der Waals surface area contributed by atoms with Gasteiger partial charge in [-0.25, -0.2) is 0 Å². The Bertz CT molecular complexity index is 844. The second-order valence-electron chi connectivity index (χ2n) is 6.77. The van der Waals surface area contributed by atoms with Crippen molar-refractivity contribution < 1.29 is 19.4 Å². The van der Waals surface area contributed by atoms with Crippen LogP contribution in [0, 0.1) is 23.7 Å². The van der Waals surface area contributed by atoms with Crippen LogP contribution in [0.25, 0.3) is 0 Å². The summed E-state index contributed by atoms with van der Waals surface area (Å²) >= 11 is 0. The first-order chi connectivity index (χ1) is 12.6. The topological polar surface area (TPSA) is 75.6 Å². The third kappa shape index (κ3) is 3.08. The van der Waals surface area contributed by atoms with E-state index in [1.165, 1.54) is 0 Å². The smallest absolute Gasteiger partial charge is 0.307 e. The van der Waals surface area contributed by atoms with Gasteiger partial charge in [-0.3, -0.25) is 9.59 Å². The highest BCUT2D eigenvalue weighted by atomic mass is 16.5. The minimum absolute atomic E-state index is 0.0155. The van der Waals surface area contributed by atoms with Gasteiger partial charge in [0.25, 0.3) is 0 Å². The van der Waals surface area contributed by atoms with Crippen LogP contribution >= 0.6 is 0 Å². The first kappa shape index (κ1) is 16.4. The lowest BCUT2D eigenvalue weighted by molar-refractivity contribution is -0.146. The molecule has 2 aromatic carbocycles. The molecule has 26 heavy (non-hydrogen) atoms. The van der Waals surface area contributed by atoms with Gasteiger partial charge < -0.3 is 15.2 Å². The molecule has 0 unspecified atom stereocenters. The zero-order chi connectivity index (χ0) is 18.1. The van der Waals surface area contributed by atoms with E-state index in [0.29, 0.717) is 11.4 Å². The molecular weight excluding hydrogens is 330 g/mol. The fourth-order valence-electron chi connectivity index (χ4n) is 3.97. The third-order valence-electron chi connectivity index (χ3n) is 5.15. The SMILES string of the molecule is O=C(O)[C@H]1[C@H](C(=O)Nc2ccc(Oc3ccccc3)cc2)[C@H]2C=C[C@@H]1C2. The van der Waals surface area contributed by atoms with Crippen LogP contribution in [-0.4, -0.2) is 17.0 Å². The maximum absolute atomic E-state index is 12.7. The third-order valence-corrected chi connectivity index (χ3v) is 5.15. The minimum Gasteiger partial charge on any atom is -0.481 e. The molecule has 5 nitrogen and oxygen atoms in total. The summed E-state index contributed by atoms with van der Waals surface area (Å²) in [5, 5.41) is 12.3. The zero-order valence-electron chi connectivity index (χ0n) is 14.0. The van der Waals surface area contributed by atoms with Crippen LogP contribution in [0.5, 0.6) is 11.5 Å². The highest BCUT2D eigenvalue weighted by Gasteiger charge is 2.51. The Morgan fingerprint density at radius 1 is 0.885 bits per heavy atom. The molecule has 1 fully saturated rings. The molecule has 2 bridgehead atoms. The van der Waals surface area contributed by atoms with Crippen molar-refractivity contribution in [3.63, 3.8) is 0 Å². The number of ether oxygens (including phenoxy) is 1. The molecule has 0 aliphatic heterocycles. The van der Waals surface area contributed by atoms with E-state index >= 15 is 0 Å². The predicted molar refractivity (Wildman–Crippen MR) is 96.9 cm³/mol. The molecular formula is C21H19NO4. The van der Waals surface area contributed by atoms with E-state index in [2.05, 4.69) is 5.32 Å². The highest BCUT2D eigenvalue weighted by Crippen LogP contribution is 2.48. The Kier molecular flexibility index (Phi) is 4.21. The van der Waals surface area contributed by atoms with Gasteiger partial charge in [0, 0.05) is 5.69 Å². The number of hydrogen-bond acceptors (Lipinski definition) is 3. The molecule has 2 aliphatic rings. The number of carbonyl (C=O) groups excluding carboxylic acids is 1. The molecule has 0 radical (unpaired) electrons. The molecule has 1 saturated carbocycles. The van der Waals surface area contributed by atoms with Crippen LogP contribution in [0.4, 0.5) is 5.69 Å². The summed E-state index contributed by atoms with van der Waals surface area (Å²) in [6.07, 6.45) is 4.66. The van der Waals surface area contributed by atoms with Crippen LogP contribution in [0.15, 0.2) is 66.7 Å². The number of anilines is 1. The summed E-state index contributed by atoms with van der Waals surface area (Å²) in [7, 11) is 0. The summed E-state index contributed by atoms with van der Waals surface area (Å²) in [5.41, 5.74) is 0.631. The number of benzene rings is 2. The number of fused-ring (bicyclic) bond motifs is 2. The number of aliphatic carboxylic acids is 1. The van der Waals surface area contributed by atoms with Crippen molar-refractivity contribution in [2.75, 3.05) is 5.32 Å². The number of carbonyl (C=O) groups is 2. The van der Waals surface area contributed by atoms with E-state index in [1.807, 2.05) is 42.5 Å². The number of rotatable bonds is 5. The number of carboxylic acid groups (broad SMARTS) is 1. The number of carboxylic acids is 1. The van der Waals surface area contributed by atoms with Crippen molar-refractivity contribution in [2.24, 2.45) is 23.7 Å². The van der Waals surface area contributed by atoms with Gasteiger partial charge in [0.15, 0.2) is 0 Å². The van der Waals surface area contributed by atoms with Crippen LogP contribution in [0.1, 0.15) is 6.42 Å². The van der Waals surface area contributed by atoms with E-state index in [4.69, 9.17) is 4.74 Å². The van der Waals surface area contributed by atoms with E-state index in [0.717, 1.165) is 12.2 Å². The summed E-state index contributed by atoms with van der Waals surface area (Å²) in [4.78, 5) is 24.2. The van der Waals surface area contributed by atoms with Gasteiger partial charge >= 0.3 is 5.97 Å². The van der Waals surface area contributed by atoms with Crippen molar-refractivity contribution in [1.82, 2.24) is 0 Å². The first-order valence-electron chi connectivity index (χ1n) is 8.67. The molecule has 2 aromatic rings. The predicted octanol–water partition coefficient (Wildman–Crippen LogP) is 3.94.